The predicted molar refractivity (Wildman–Crippen MR) is 92.0 cm³/mol. The summed E-state index contributed by atoms with van der Waals surface area (Å²) < 4.78 is 24.9. The molecule has 1 aromatic carbocycles. The van der Waals surface area contributed by atoms with Crippen molar-refractivity contribution in [2.24, 2.45) is 0 Å². The second kappa shape index (κ2) is 6.61. The predicted octanol–water partition coefficient (Wildman–Crippen LogP) is 2.14. The highest BCUT2D eigenvalue weighted by Crippen LogP contribution is 2.22. The fourth-order valence-corrected chi connectivity index (χ4v) is 4.07. The van der Waals surface area contributed by atoms with Crippen LogP contribution in [0.25, 0.3) is 0 Å². The van der Waals surface area contributed by atoms with Crippen LogP contribution in [0.4, 0.5) is 0 Å². The summed E-state index contributed by atoms with van der Waals surface area (Å²) in [5.74, 6) is -0.161. The molecule has 5 nitrogen and oxygen atoms in total. The van der Waals surface area contributed by atoms with Gasteiger partial charge in [-0.3, -0.25) is 4.79 Å². The lowest BCUT2D eigenvalue weighted by Crippen LogP contribution is -2.42. The smallest absolute Gasteiger partial charge is 0.251 e. The minimum Gasteiger partial charge on any atom is -0.350 e. The van der Waals surface area contributed by atoms with Gasteiger partial charge in [-0.2, -0.15) is 4.31 Å². The summed E-state index contributed by atoms with van der Waals surface area (Å²) in [7, 11) is -3.20. The van der Waals surface area contributed by atoms with Crippen molar-refractivity contribution in [3.63, 3.8) is 0 Å². The van der Waals surface area contributed by atoms with E-state index in [0.29, 0.717) is 18.7 Å². The maximum absolute atomic E-state index is 12.2. The highest BCUT2D eigenvalue weighted by Gasteiger charge is 2.31. The molecular formula is C17H26N2O3S. The average Bonchev–Trinajstić information content (AvgIpc) is 2.92. The van der Waals surface area contributed by atoms with Gasteiger partial charge in [0.2, 0.25) is 10.0 Å². The van der Waals surface area contributed by atoms with Crippen LogP contribution in [0.5, 0.6) is 0 Å². The average molecular weight is 338 g/mol. The molecule has 0 saturated carbocycles. The van der Waals surface area contributed by atoms with Gasteiger partial charge in [-0.25, -0.2) is 8.42 Å². The fourth-order valence-electron chi connectivity index (χ4n) is 2.88. The standard InChI is InChI=1S/C17H26N2O3S/c1-17(2,3)14-9-7-13(8-10-14)16(20)18-12-15-6-5-11-19(15)23(4,21)22/h7-10,15H,5-6,11-12H2,1-4H3,(H,18,20). The molecule has 128 valence electrons. The lowest BCUT2D eigenvalue weighted by molar-refractivity contribution is 0.0946. The third-order valence-corrected chi connectivity index (χ3v) is 5.59. The Balaban J connectivity index is 1.97. The number of hydrogen-bond acceptors (Lipinski definition) is 3. The van der Waals surface area contributed by atoms with Crippen LogP contribution >= 0.6 is 0 Å². The Morgan fingerprint density at radius 1 is 1.26 bits per heavy atom. The van der Waals surface area contributed by atoms with Crippen molar-refractivity contribution in [1.29, 1.82) is 0 Å². The molecule has 2 rings (SSSR count). The first-order valence-electron chi connectivity index (χ1n) is 7.94. The van der Waals surface area contributed by atoms with E-state index >= 15 is 0 Å². The van der Waals surface area contributed by atoms with E-state index < -0.39 is 10.0 Å². The largest absolute Gasteiger partial charge is 0.350 e. The van der Waals surface area contributed by atoms with Crippen molar-refractivity contribution in [2.45, 2.75) is 45.1 Å². The van der Waals surface area contributed by atoms with E-state index in [1.807, 2.05) is 24.3 Å². The molecule has 1 atom stereocenters. The summed E-state index contributed by atoms with van der Waals surface area (Å²) in [6.07, 6.45) is 2.85. The van der Waals surface area contributed by atoms with Gasteiger partial charge in [0.1, 0.15) is 0 Å². The Morgan fingerprint density at radius 3 is 2.39 bits per heavy atom. The Labute approximate surface area is 139 Å². The van der Waals surface area contributed by atoms with Crippen LogP contribution in [-0.2, 0) is 15.4 Å². The summed E-state index contributed by atoms with van der Waals surface area (Å²) in [5, 5.41) is 2.86. The molecule has 1 fully saturated rings. The monoisotopic (exact) mass is 338 g/mol. The summed E-state index contributed by atoms with van der Waals surface area (Å²) in [6, 6.07) is 7.43. The first kappa shape index (κ1) is 17.9. The van der Waals surface area contributed by atoms with E-state index in [0.717, 1.165) is 12.8 Å². The van der Waals surface area contributed by atoms with Gasteiger partial charge in [-0.1, -0.05) is 32.9 Å². The number of carbonyl (C=O) groups is 1. The van der Waals surface area contributed by atoms with Crippen LogP contribution in [0.1, 0.15) is 49.5 Å². The molecule has 1 aromatic rings. The lowest BCUT2D eigenvalue weighted by Gasteiger charge is -2.22. The molecule has 1 amide bonds. The molecule has 1 saturated heterocycles. The van der Waals surface area contributed by atoms with Gasteiger partial charge in [0.25, 0.3) is 5.91 Å². The minimum absolute atomic E-state index is 0.0504. The highest BCUT2D eigenvalue weighted by molar-refractivity contribution is 7.88. The number of benzene rings is 1. The molecule has 23 heavy (non-hydrogen) atoms. The Morgan fingerprint density at radius 2 is 1.87 bits per heavy atom. The first-order chi connectivity index (χ1) is 10.6. The number of rotatable bonds is 4. The van der Waals surface area contributed by atoms with E-state index in [1.165, 1.54) is 16.1 Å². The molecule has 0 radical (unpaired) electrons. The number of nitrogens with one attached hydrogen (secondary N) is 1. The summed E-state index contributed by atoms with van der Waals surface area (Å²) >= 11 is 0. The van der Waals surface area contributed by atoms with Crippen molar-refractivity contribution >= 4 is 15.9 Å². The van der Waals surface area contributed by atoms with Gasteiger partial charge >= 0.3 is 0 Å². The third kappa shape index (κ3) is 4.54. The highest BCUT2D eigenvalue weighted by atomic mass is 32.2. The molecular weight excluding hydrogens is 312 g/mol. The van der Waals surface area contributed by atoms with Crippen molar-refractivity contribution < 1.29 is 13.2 Å². The van der Waals surface area contributed by atoms with Crippen LogP contribution in [0.2, 0.25) is 0 Å². The maximum Gasteiger partial charge on any atom is 0.251 e. The molecule has 0 aromatic heterocycles. The van der Waals surface area contributed by atoms with Crippen molar-refractivity contribution in [2.75, 3.05) is 19.3 Å². The Hall–Kier alpha value is -1.40. The molecule has 0 aliphatic carbocycles. The summed E-state index contributed by atoms with van der Waals surface area (Å²) in [5.41, 5.74) is 1.82. The number of nitrogens with zero attached hydrogens (tertiary/aromatic N) is 1. The number of sulfonamides is 1. The molecule has 1 aliphatic rings. The quantitative estimate of drug-likeness (QED) is 0.914. The zero-order valence-corrected chi connectivity index (χ0v) is 15.1. The van der Waals surface area contributed by atoms with Gasteiger partial charge in [-0.05, 0) is 36.0 Å². The van der Waals surface area contributed by atoms with Gasteiger partial charge in [0.05, 0.1) is 6.26 Å². The molecule has 1 unspecified atom stereocenters. The van der Waals surface area contributed by atoms with Crippen molar-refractivity contribution in [1.82, 2.24) is 9.62 Å². The molecule has 1 N–H and O–H groups in total. The SMILES string of the molecule is CC(C)(C)c1ccc(C(=O)NCC2CCCN2S(C)(=O)=O)cc1. The Bertz CT molecular complexity index is 660. The van der Waals surface area contributed by atoms with Crippen molar-refractivity contribution in [3.8, 4) is 0 Å². The fraction of sp³-hybridized carbons (Fsp3) is 0.588. The molecule has 1 heterocycles. The van der Waals surface area contributed by atoms with Crippen molar-refractivity contribution in [3.05, 3.63) is 35.4 Å². The van der Waals surface area contributed by atoms with Gasteiger partial charge < -0.3 is 5.32 Å². The van der Waals surface area contributed by atoms with E-state index in [4.69, 9.17) is 0 Å². The zero-order chi connectivity index (χ0) is 17.3. The van der Waals surface area contributed by atoms with Crippen LogP contribution in [0.15, 0.2) is 24.3 Å². The van der Waals surface area contributed by atoms with Gasteiger partial charge in [0, 0.05) is 24.7 Å². The van der Waals surface area contributed by atoms with E-state index in [9.17, 15) is 13.2 Å². The second-order valence-electron chi connectivity index (χ2n) is 7.21. The van der Waals surface area contributed by atoms with E-state index in [1.54, 1.807) is 0 Å². The molecule has 1 aliphatic heterocycles. The minimum atomic E-state index is -3.20. The van der Waals surface area contributed by atoms with Crippen LogP contribution in [-0.4, -0.2) is 44.0 Å². The molecule has 0 bridgehead atoms. The molecule has 0 spiro atoms. The number of amides is 1. The summed E-state index contributed by atoms with van der Waals surface area (Å²) in [6.45, 7) is 7.28. The first-order valence-corrected chi connectivity index (χ1v) is 9.79. The van der Waals surface area contributed by atoms with E-state index in [2.05, 4.69) is 26.1 Å². The maximum atomic E-state index is 12.2. The van der Waals surface area contributed by atoms with Crippen LogP contribution in [0.3, 0.4) is 0 Å². The third-order valence-electron chi connectivity index (χ3n) is 4.26. The van der Waals surface area contributed by atoms with Crippen LogP contribution < -0.4 is 5.32 Å². The second-order valence-corrected chi connectivity index (χ2v) is 9.14. The Kier molecular flexibility index (Phi) is 5.16. The normalized spacial score (nSPS) is 19.7. The number of carbonyl (C=O) groups excluding carboxylic acids is 1. The van der Waals surface area contributed by atoms with Gasteiger partial charge in [0.15, 0.2) is 0 Å². The number of hydrogen-bond donors (Lipinski definition) is 1. The van der Waals surface area contributed by atoms with E-state index in [-0.39, 0.29) is 17.4 Å². The lowest BCUT2D eigenvalue weighted by atomic mass is 9.87. The zero-order valence-electron chi connectivity index (χ0n) is 14.3. The van der Waals surface area contributed by atoms with Gasteiger partial charge in [-0.15, -0.1) is 0 Å². The summed E-state index contributed by atoms with van der Waals surface area (Å²) in [4.78, 5) is 12.2. The molecule has 6 heteroatoms. The topological polar surface area (TPSA) is 66.5 Å². The van der Waals surface area contributed by atoms with Crippen LogP contribution in [0, 0.1) is 0 Å².